The van der Waals surface area contributed by atoms with Crippen LogP contribution in [-0.2, 0) is 85.4 Å². The summed E-state index contributed by atoms with van der Waals surface area (Å²) in [6, 6.07) is 3.05. The highest BCUT2D eigenvalue weighted by atomic mass is 16.8. The minimum Gasteiger partial charge on any atom is -0.493 e. The number of ether oxygens (including phenoxy) is 18. The van der Waals surface area contributed by atoms with Crippen molar-refractivity contribution < 1.29 is 197 Å². The van der Waals surface area contributed by atoms with Gasteiger partial charge in [-0.15, -0.1) is 0 Å². The molecule has 0 unspecified atom stereocenters. The van der Waals surface area contributed by atoms with Crippen LogP contribution in [0.15, 0.2) is 29.9 Å². The fourth-order valence-electron chi connectivity index (χ4n) is 21.9. The molecule has 41 atom stereocenters. The average molecular weight is 1740 g/mol. The number of aliphatic carboxylic acids is 1. The van der Waals surface area contributed by atoms with Gasteiger partial charge in [-0.25, -0.2) is 4.79 Å². The van der Waals surface area contributed by atoms with Crippen molar-refractivity contribution in [3.05, 3.63) is 35.4 Å². The van der Waals surface area contributed by atoms with E-state index in [1.807, 2.05) is 26.8 Å². The third-order valence-corrected chi connectivity index (χ3v) is 28.9. The lowest BCUT2D eigenvalue weighted by molar-refractivity contribution is -0.398. The zero-order valence-electron chi connectivity index (χ0n) is 69.3. The molecule has 1 aromatic carbocycles. The highest BCUT2D eigenvalue weighted by Gasteiger charge is 2.74. The maximum Gasteiger partial charge on any atom is 0.331 e. The molecule has 7 saturated heterocycles. The van der Waals surface area contributed by atoms with Crippen LogP contribution in [0.5, 0.6) is 17.2 Å². The summed E-state index contributed by atoms with van der Waals surface area (Å²) in [6.07, 6.45) is -52.4. The number of fused-ring (bicyclic) bond motifs is 7. The van der Waals surface area contributed by atoms with Gasteiger partial charge in [0.05, 0.1) is 96.2 Å². The Morgan fingerprint density at radius 3 is 1.70 bits per heavy atom. The fourth-order valence-corrected chi connectivity index (χ4v) is 21.9. The molecule has 1 aromatic rings. The summed E-state index contributed by atoms with van der Waals surface area (Å²) >= 11 is 0. The average Bonchev–Trinajstić information content (AvgIpc) is 0.833. The van der Waals surface area contributed by atoms with Gasteiger partial charge >= 0.3 is 17.9 Å². The smallest absolute Gasteiger partial charge is 0.331 e. The van der Waals surface area contributed by atoms with Gasteiger partial charge in [-0.2, -0.15) is 0 Å². The van der Waals surface area contributed by atoms with Crippen molar-refractivity contribution in [2.45, 2.75) is 315 Å². The molecular formula is C81H122O40. The molecule has 121 heavy (non-hydrogen) atoms. The van der Waals surface area contributed by atoms with Crippen molar-refractivity contribution in [2.75, 3.05) is 61.0 Å². The van der Waals surface area contributed by atoms with Crippen LogP contribution in [0.3, 0.4) is 0 Å². The predicted octanol–water partition coefficient (Wildman–Crippen LogP) is -4.26. The lowest BCUT2D eigenvalue weighted by Gasteiger charge is -2.71. The monoisotopic (exact) mass is 1730 g/mol. The number of hydrogen-bond acceptors (Lipinski definition) is 39. The van der Waals surface area contributed by atoms with Gasteiger partial charge < -0.3 is 182 Å². The molecule has 7 aliphatic heterocycles. The Hall–Kier alpha value is -4.73. The second kappa shape index (κ2) is 36.1. The summed E-state index contributed by atoms with van der Waals surface area (Å²) < 4.78 is 110. The molecule has 0 aromatic heterocycles. The Kier molecular flexibility index (Phi) is 28.0. The number of esters is 2. The molecule has 7 heterocycles. The number of benzene rings is 1. The van der Waals surface area contributed by atoms with E-state index in [0.717, 1.165) is 11.6 Å². The Morgan fingerprint density at radius 2 is 1.07 bits per heavy atom. The van der Waals surface area contributed by atoms with Gasteiger partial charge in [-0.05, 0) is 143 Å². The molecule has 19 N–H and O–H groups in total. The Morgan fingerprint density at radius 1 is 0.512 bits per heavy atom. The van der Waals surface area contributed by atoms with Crippen LogP contribution in [0.1, 0.15) is 119 Å². The minimum absolute atomic E-state index is 0.0293. The van der Waals surface area contributed by atoms with Crippen LogP contribution >= 0.6 is 0 Å². The van der Waals surface area contributed by atoms with Crippen molar-refractivity contribution >= 4 is 24.0 Å². The molecule has 40 nitrogen and oxygen atoms in total. The van der Waals surface area contributed by atoms with E-state index in [2.05, 4.69) is 6.92 Å². The predicted molar refractivity (Wildman–Crippen MR) is 402 cm³/mol. The summed E-state index contributed by atoms with van der Waals surface area (Å²) in [5, 5.41) is 214. The van der Waals surface area contributed by atoms with Gasteiger partial charge in [0.25, 0.3) is 0 Å². The molecule has 0 spiro atoms. The van der Waals surface area contributed by atoms with E-state index in [4.69, 9.17) is 85.3 Å². The van der Waals surface area contributed by atoms with Crippen LogP contribution in [0.2, 0.25) is 0 Å². The topological polar surface area (TPSA) is 602 Å². The number of carboxylic acid groups (broad SMARTS) is 1. The third kappa shape index (κ3) is 16.6. The number of carbonyl (C=O) groups is 3. The summed E-state index contributed by atoms with van der Waals surface area (Å²) in [6.45, 7) is 9.39. The summed E-state index contributed by atoms with van der Waals surface area (Å²) in [5.41, 5.74) is -8.34. The van der Waals surface area contributed by atoms with Crippen LogP contribution in [0.4, 0.5) is 0 Å². The largest absolute Gasteiger partial charge is 0.493 e. The second-order valence-corrected chi connectivity index (χ2v) is 36.5. The molecule has 12 aliphatic rings. The Balaban J connectivity index is 0.870. The first kappa shape index (κ1) is 93.9. The Bertz CT molecular complexity index is 3810. The maximum absolute atomic E-state index is 16.7. The molecule has 13 rings (SSSR count). The fraction of sp³-hybridized carbons (Fsp3) is 0.840. The molecule has 0 radical (unpaired) electrons. The van der Waals surface area contributed by atoms with E-state index in [1.54, 1.807) is 0 Å². The number of methoxy groups -OCH3 is 3. The van der Waals surface area contributed by atoms with Gasteiger partial charge in [0, 0.05) is 11.5 Å². The summed E-state index contributed by atoms with van der Waals surface area (Å²) in [4.78, 5) is 45.5. The molecule has 0 amide bonds. The Labute approximate surface area is 697 Å². The molecule has 11 fully saturated rings. The quantitative estimate of drug-likeness (QED) is 0.0202. The van der Waals surface area contributed by atoms with E-state index < -0.39 is 310 Å². The van der Waals surface area contributed by atoms with E-state index in [-0.39, 0.29) is 55.8 Å². The maximum atomic E-state index is 16.7. The lowest BCUT2D eigenvalue weighted by Crippen LogP contribution is -2.71. The number of hydrogen-bond donors (Lipinski definition) is 19. The van der Waals surface area contributed by atoms with E-state index in [1.165, 1.54) is 67.2 Å². The molecular weight excluding hydrogens is 1610 g/mol. The van der Waals surface area contributed by atoms with Gasteiger partial charge in [-0.1, -0.05) is 39.3 Å². The van der Waals surface area contributed by atoms with Crippen molar-refractivity contribution in [3.8, 4) is 17.2 Å². The molecule has 686 valence electrons. The van der Waals surface area contributed by atoms with Gasteiger partial charge in [0.15, 0.2) is 61.4 Å². The number of carboxylic acids is 1. The first-order valence-electron chi connectivity index (χ1n) is 41.3. The zero-order valence-corrected chi connectivity index (χ0v) is 69.3. The highest BCUT2D eigenvalue weighted by Crippen LogP contribution is 2.76. The van der Waals surface area contributed by atoms with Crippen molar-refractivity contribution in [1.29, 1.82) is 0 Å². The van der Waals surface area contributed by atoms with Crippen molar-refractivity contribution in [2.24, 2.45) is 50.2 Å². The molecule has 4 saturated carbocycles. The van der Waals surface area contributed by atoms with Crippen molar-refractivity contribution in [3.63, 3.8) is 0 Å². The lowest BCUT2D eigenvalue weighted by atomic mass is 9.33. The number of allylic oxidation sites excluding steroid dienone is 1. The zero-order chi connectivity index (χ0) is 88.2. The standard InChI is InChI=1S/C81H122O40/c1-32-47(89)50(92)53(95)68(110-32)118-62-58(114-46(88)15-12-35-22-41(104-9)60(106-11)42(23-35)105-10)34(3)112-71(63(62)119-70-56(98)61(117-72-64(99)81(103,30-84)31-109-72)57(33(2)111-70)115-67-55(97)59(40(87)28-108-67)116-66-52(94)48(90)39(86)27-107-66)121-74(102)79-19-18-75(4,5)24-37(79)36-13-14-44-76(6)25-38(85)65(120-69-54(96)51(93)49(91)43(26-82)113-69)78(8,73(100)101)45(76)16-17-77(44,7)80(36,29-83)21-20-79/h12-13,15,22-23,32-34,37-40,43-45,47-59,61-72,82-87,89-99,103H,14,16-21,24-31H2,1-11H3,(H,100,101)/b15-12+/t32-,33-,34+,37-,38-,39-,40+,43+,44+,45+,47-,48-,49+,50+,51-,52+,53+,54+,55+,56+,57-,58-,59-,61-,62-,63+,64-,65-,66-,67-,68-,69-,70-,71-,72-,76+,77+,78-,79-,80-,81+/m0/s1. The second-order valence-electron chi connectivity index (χ2n) is 36.5. The van der Waals surface area contributed by atoms with Crippen molar-refractivity contribution in [1.82, 2.24) is 0 Å². The van der Waals surface area contributed by atoms with Gasteiger partial charge in [0.2, 0.25) is 12.0 Å². The van der Waals surface area contributed by atoms with Gasteiger partial charge in [0.1, 0.15) is 122 Å². The first-order chi connectivity index (χ1) is 57.0. The van der Waals surface area contributed by atoms with E-state index in [9.17, 15) is 107 Å². The number of aliphatic hydroxyl groups excluding tert-OH is 17. The van der Waals surface area contributed by atoms with E-state index >= 15 is 4.79 Å². The van der Waals surface area contributed by atoms with Crippen LogP contribution < -0.4 is 14.2 Å². The summed E-state index contributed by atoms with van der Waals surface area (Å²) in [7, 11) is 4.16. The van der Waals surface area contributed by atoms with Crippen LogP contribution in [0.25, 0.3) is 6.08 Å². The highest BCUT2D eigenvalue weighted by molar-refractivity contribution is 5.87. The number of aliphatic hydroxyl groups is 18. The molecule has 40 heteroatoms. The van der Waals surface area contributed by atoms with Gasteiger partial charge in [-0.3, -0.25) is 9.59 Å². The first-order valence-corrected chi connectivity index (χ1v) is 41.3. The van der Waals surface area contributed by atoms with Crippen LogP contribution in [-0.4, -0.2) is 378 Å². The van der Waals surface area contributed by atoms with E-state index in [0.29, 0.717) is 24.8 Å². The number of carbonyl (C=O) groups excluding carboxylic acids is 2. The third-order valence-electron chi connectivity index (χ3n) is 28.9. The molecule has 0 bridgehead atoms. The summed E-state index contributed by atoms with van der Waals surface area (Å²) in [5.74, 6) is -4.68. The van der Waals surface area contributed by atoms with Crippen LogP contribution in [0, 0.1) is 50.2 Å². The number of rotatable bonds is 24. The minimum atomic E-state index is -2.37. The normalized spacial score (nSPS) is 49.2. The SMILES string of the molecule is COc1cc(/C=C/C(=O)O[C@@H]2[C@H](O[C@@H]3O[C@@H](C)[C@H](O)[C@@H](O)[C@H]3O)[C@@H](O[C@@H]3O[C@@H](C)[C@H](O[C@@H]4OC[C@@H](O)[C@H](O[C@@H]5OC[C@H](O)[C@H](O)[C@H]5O)[C@H]4O)[C@@H](O[C@@H]4OC[C@](O)(CO)[C@H]4O)[C@H]3O)[C@H](OC(=O)[C@]34CCC(C)(C)C[C@H]3C3=CC[C@@H]5[C@@]6(C)C[C@H](O)[C@H](O[C@@H]7O[C@H](CO)[C@@H](O)[C@H](O)[C@H]7O)[C@@](C)(C(=O)O)[C@@H]6CC[C@@]5(C)[C@]3(CO)CC4)O[C@@H]2C)cc(OC)c1OC. The molecule has 5 aliphatic carbocycles.